The van der Waals surface area contributed by atoms with E-state index in [-0.39, 0.29) is 17.4 Å². The van der Waals surface area contributed by atoms with Crippen LogP contribution in [-0.2, 0) is 15.8 Å². The molecule has 0 radical (unpaired) electrons. The van der Waals surface area contributed by atoms with Crippen LogP contribution >= 0.6 is 0 Å². The van der Waals surface area contributed by atoms with Crippen LogP contribution in [0.5, 0.6) is 5.75 Å². The van der Waals surface area contributed by atoms with E-state index in [0.29, 0.717) is 6.07 Å². The van der Waals surface area contributed by atoms with E-state index in [1.54, 1.807) is 0 Å². The first kappa shape index (κ1) is 21.8. The lowest BCUT2D eigenvalue weighted by Gasteiger charge is -2.30. The van der Waals surface area contributed by atoms with Crippen LogP contribution in [0, 0.1) is 17.5 Å². The van der Waals surface area contributed by atoms with E-state index < -0.39 is 70.7 Å². The number of fused-ring (bicyclic) bond motifs is 1. The highest BCUT2D eigenvalue weighted by molar-refractivity contribution is 5.90. The Morgan fingerprint density at radius 3 is 2.33 bits per heavy atom. The first-order chi connectivity index (χ1) is 13.8. The average Bonchev–Trinajstić information content (AvgIpc) is 3.01. The number of aromatic nitrogens is 1. The van der Waals surface area contributed by atoms with Crippen molar-refractivity contribution in [3.63, 3.8) is 0 Å². The van der Waals surface area contributed by atoms with Gasteiger partial charge in [0.15, 0.2) is 11.6 Å². The van der Waals surface area contributed by atoms with E-state index >= 15 is 0 Å². The molecule has 2 atom stereocenters. The standard InChI is InChI=1S/C18H15F6N3O3/c1-16(15(26)28)6-30-14-8(16)3-12(17(29,5-25)18(22,23)24)27-13(14)7-2-10(20)11(21)4-9(7)19/h2-4,29H,5-6,25H2,1H3,(H2,26,28)/t16-,17?/m0/s1. The summed E-state index contributed by atoms with van der Waals surface area (Å²) in [7, 11) is 0. The molecule has 1 aliphatic rings. The largest absolute Gasteiger partial charge is 0.489 e. The predicted octanol–water partition coefficient (Wildman–Crippen LogP) is 2.01. The van der Waals surface area contributed by atoms with Gasteiger partial charge in [0.1, 0.15) is 29.3 Å². The van der Waals surface area contributed by atoms with Crippen LogP contribution in [0.1, 0.15) is 18.2 Å². The summed E-state index contributed by atoms with van der Waals surface area (Å²) in [6.07, 6.45) is -5.31. The molecule has 30 heavy (non-hydrogen) atoms. The summed E-state index contributed by atoms with van der Waals surface area (Å²) in [6.45, 7) is -0.546. The van der Waals surface area contributed by atoms with Gasteiger partial charge in [-0.05, 0) is 19.1 Å². The van der Waals surface area contributed by atoms with Gasteiger partial charge in [-0.3, -0.25) is 4.79 Å². The second-order valence-corrected chi connectivity index (χ2v) is 7.03. The number of aliphatic hydroxyl groups is 1. The zero-order valence-corrected chi connectivity index (χ0v) is 15.3. The van der Waals surface area contributed by atoms with E-state index in [9.17, 15) is 36.2 Å². The Balaban J connectivity index is 2.41. The number of alkyl halides is 3. The van der Waals surface area contributed by atoms with Crippen molar-refractivity contribution in [2.24, 2.45) is 11.5 Å². The van der Waals surface area contributed by atoms with Gasteiger partial charge < -0.3 is 21.3 Å². The van der Waals surface area contributed by atoms with Gasteiger partial charge in [0, 0.05) is 23.7 Å². The van der Waals surface area contributed by atoms with Crippen LogP contribution in [-0.4, -0.2) is 35.3 Å². The lowest BCUT2D eigenvalue weighted by atomic mass is 9.81. The van der Waals surface area contributed by atoms with Crippen LogP contribution in [0.4, 0.5) is 26.3 Å². The summed E-state index contributed by atoms with van der Waals surface area (Å²) < 4.78 is 87.4. The van der Waals surface area contributed by atoms with Crippen molar-refractivity contribution in [2.75, 3.05) is 13.2 Å². The minimum atomic E-state index is -5.31. The average molecular weight is 435 g/mol. The van der Waals surface area contributed by atoms with Crippen LogP contribution in [0.2, 0.25) is 0 Å². The van der Waals surface area contributed by atoms with Crippen molar-refractivity contribution in [3.05, 3.63) is 46.9 Å². The van der Waals surface area contributed by atoms with Gasteiger partial charge in [-0.15, -0.1) is 0 Å². The second-order valence-electron chi connectivity index (χ2n) is 7.03. The summed E-state index contributed by atoms with van der Waals surface area (Å²) in [6, 6.07) is 1.27. The number of carbonyl (C=O) groups is 1. The second kappa shape index (κ2) is 6.84. The molecule has 0 spiro atoms. The molecule has 1 unspecified atom stereocenters. The number of nitrogens with zero attached hydrogens (tertiary/aromatic N) is 1. The molecule has 1 amide bonds. The van der Waals surface area contributed by atoms with E-state index in [1.165, 1.54) is 6.92 Å². The van der Waals surface area contributed by atoms with Crippen LogP contribution in [0.15, 0.2) is 18.2 Å². The molecule has 0 bridgehead atoms. The molecule has 0 aliphatic carbocycles. The maximum absolute atomic E-state index is 14.4. The molecule has 0 fully saturated rings. The van der Waals surface area contributed by atoms with Crippen LogP contribution < -0.4 is 16.2 Å². The molecule has 12 heteroatoms. The lowest BCUT2D eigenvalue weighted by Crippen LogP contribution is -2.49. The molecule has 1 aromatic heterocycles. The number of halogens is 6. The number of benzene rings is 1. The van der Waals surface area contributed by atoms with E-state index in [0.717, 1.165) is 6.07 Å². The predicted molar refractivity (Wildman–Crippen MR) is 90.6 cm³/mol. The topological polar surface area (TPSA) is 111 Å². The molecule has 5 N–H and O–H groups in total. The molecule has 0 saturated heterocycles. The Kier molecular flexibility index (Phi) is 4.98. The highest BCUT2D eigenvalue weighted by Crippen LogP contribution is 2.48. The highest BCUT2D eigenvalue weighted by atomic mass is 19.4. The summed E-state index contributed by atoms with van der Waals surface area (Å²) in [5.41, 5.74) is 2.38. The monoisotopic (exact) mass is 435 g/mol. The Bertz CT molecular complexity index is 1040. The molecule has 2 heterocycles. The number of ether oxygens (including phenoxy) is 1. The summed E-state index contributed by atoms with van der Waals surface area (Å²) in [5.74, 6) is -5.75. The van der Waals surface area contributed by atoms with Crippen molar-refractivity contribution in [1.29, 1.82) is 0 Å². The molecule has 3 rings (SSSR count). The SMILES string of the molecule is C[C@]1(C(N)=O)COc2c1cc(C(O)(CN)C(F)(F)F)nc2-c1cc(F)c(F)cc1F. The smallest absolute Gasteiger partial charge is 0.424 e. The number of nitrogens with two attached hydrogens (primary N) is 2. The normalized spacial score (nSPS) is 20.4. The quantitative estimate of drug-likeness (QED) is 0.503. The van der Waals surface area contributed by atoms with Crippen molar-refractivity contribution in [3.8, 4) is 17.0 Å². The number of rotatable bonds is 4. The number of primary amides is 1. The first-order valence-electron chi connectivity index (χ1n) is 8.39. The fraction of sp³-hybridized carbons (Fsp3) is 0.333. The van der Waals surface area contributed by atoms with Crippen LogP contribution in [0.25, 0.3) is 11.3 Å². The third-order valence-electron chi connectivity index (χ3n) is 5.07. The van der Waals surface area contributed by atoms with E-state index in [2.05, 4.69) is 4.98 Å². The summed E-state index contributed by atoms with van der Waals surface area (Å²) >= 11 is 0. The molecule has 2 aromatic rings. The summed E-state index contributed by atoms with van der Waals surface area (Å²) in [5, 5.41) is 10.2. The van der Waals surface area contributed by atoms with Gasteiger partial charge in [0.05, 0.1) is 5.69 Å². The maximum atomic E-state index is 14.4. The molecule has 1 aliphatic heterocycles. The van der Waals surface area contributed by atoms with Crippen molar-refractivity contribution in [2.45, 2.75) is 24.1 Å². The number of carbonyl (C=O) groups excluding carboxylic acids is 1. The minimum absolute atomic E-state index is 0.173. The number of hydrogen-bond acceptors (Lipinski definition) is 5. The Labute approximate surface area is 165 Å². The Morgan fingerprint density at radius 2 is 1.80 bits per heavy atom. The molecular weight excluding hydrogens is 420 g/mol. The van der Waals surface area contributed by atoms with Crippen LogP contribution in [0.3, 0.4) is 0 Å². The molecule has 162 valence electrons. The molecule has 1 aromatic carbocycles. The van der Waals surface area contributed by atoms with Gasteiger partial charge in [-0.25, -0.2) is 18.2 Å². The van der Waals surface area contributed by atoms with E-state index in [4.69, 9.17) is 16.2 Å². The number of pyridine rings is 1. The zero-order chi connectivity index (χ0) is 22.6. The third-order valence-corrected chi connectivity index (χ3v) is 5.07. The minimum Gasteiger partial charge on any atom is -0.489 e. The fourth-order valence-electron chi connectivity index (χ4n) is 3.05. The van der Waals surface area contributed by atoms with Gasteiger partial charge in [0.2, 0.25) is 11.5 Å². The van der Waals surface area contributed by atoms with Crippen molar-refractivity contribution >= 4 is 5.91 Å². The van der Waals surface area contributed by atoms with Crippen molar-refractivity contribution < 1.29 is 41.0 Å². The van der Waals surface area contributed by atoms with E-state index in [1.807, 2.05) is 0 Å². The summed E-state index contributed by atoms with van der Waals surface area (Å²) in [4.78, 5) is 15.6. The molecule has 0 saturated carbocycles. The third kappa shape index (κ3) is 3.06. The molecular formula is C18H15F6N3O3. The molecule has 6 nitrogen and oxygen atoms in total. The first-order valence-corrected chi connectivity index (χ1v) is 8.39. The Hall–Kier alpha value is -2.86. The van der Waals surface area contributed by atoms with Crippen molar-refractivity contribution in [1.82, 2.24) is 4.98 Å². The van der Waals surface area contributed by atoms with Gasteiger partial charge in [-0.1, -0.05) is 0 Å². The lowest BCUT2D eigenvalue weighted by molar-refractivity contribution is -0.263. The van der Waals surface area contributed by atoms with Gasteiger partial charge >= 0.3 is 6.18 Å². The van der Waals surface area contributed by atoms with Gasteiger partial charge in [-0.2, -0.15) is 13.2 Å². The van der Waals surface area contributed by atoms with Gasteiger partial charge in [0.25, 0.3) is 0 Å². The zero-order valence-electron chi connectivity index (χ0n) is 15.3. The Morgan fingerprint density at radius 1 is 1.20 bits per heavy atom. The fourth-order valence-corrected chi connectivity index (χ4v) is 3.05. The highest BCUT2D eigenvalue weighted by Gasteiger charge is 2.56. The number of hydrogen-bond donors (Lipinski definition) is 3. The maximum Gasteiger partial charge on any atom is 0.424 e. The number of amides is 1.